The lowest BCUT2D eigenvalue weighted by molar-refractivity contribution is 0.954. The predicted octanol–water partition coefficient (Wildman–Crippen LogP) is 7.97. The second-order valence-corrected chi connectivity index (χ2v) is 8.93. The van der Waals surface area contributed by atoms with Crippen LogP contribution < -0.4 is 0 Å². The average Bonchev–Trinajstić information content (AvgIpc) is 3.33. The third kappa shape index (κ3) is 3.67. The summed E-state index contributed by atoms with van der Waals surface area (Å²) in [5.74, 6) is 1.89. The number of fused-ring (bicyclic) bond motifs is 3. The molecule has 5 aromatic carbocycles. The number of rotatable bonds is 4. The monoisotopic (exact) mass is 474 g/mol. The summed E-state index contributed by atoms with van der Waals surface area (Å²) in [6.07, 6.45) is 0. The molecule has 7 aromatic rings. The van der Waals surface area contributed by atoms with Crippen LogP contribution in [0.5, 0.6) is 0 Å². The fraction of sp³-hybridized carbons (Fsp3) is 0. The Balaban J connectivity index is 1.60. The van der Waals surface area contributed by atoms with Crippen LogP contribution in [0, 0.1) is 0 Å². The van der Waals surface area contributed by atoms with Gasteiger partial charge in [0.05, 0.1) is 11.0 Å². The molecule has 0 spiro atoms. The zero-order valence-electron chi connectivity index (χ0n) is 20.0. The summed E-state index contributed by atoms with van der Waals surface area (Å²) in [5, 5.41) is 2.33. The highest BCUT2D eigenvalue weighted by atomic mass is 15.2. The topological polar surface area (TPSA) is 43.6 Å². The Morgan fingerprint density at radius 2 is 0.919 bits per heavy atom. The van der Waals surface area contributed by atoms with E-state index in [1.807, 2.05) is 66.7 Å². The van der Waals surface area contributed by atoms with Crippen molar-refractivity contribution in [3.8, 4) is 39.9 Å². The van der Waals surface area contributed by atoms with Crippen molar-refractivity contribution >= 4 is 21.8 Å². The molecule has 0 amide bonds. The SMILES string of the molecule is c1ccc(-c2nc(-c3ccccc3)nc(-n3c4ccccc4c4cccc(-c5ccccc5)c43)n2)cc1. The maximum Gasteiger partial charge on any atom is 0.238 e. The van der Waals surface area contributed by atoms with E-state index in [4.69, 9.17) is 15.0 Å². The number of hydrogen-bond acceptors (Lipinski definition) is 3. The van der Waals surface area contributed by atoms with Gasteiger partial charge in [0, 0.05) is 27.5 Å². The van der Waals surface area contributed by atoms with Crippen LogP contribution in [0.2, 0.25) is 0 Å². The Hall–Kier alpha value is -5.09. The first-order valence-corrected chi connectivity index (χ1v) is 12.3. The van der Waals surface area contributed by atoms with Crippen LogP contribution >= 0.6 is 0 Å². The van der Waals surface area contributed by atoms with Crippen molar-refractivity contribution in [1.82, 2.24) is 19.5 Å². The highest BCUT2D eigenvalue weighted by molar-refractivity contribution is 6.13. The van der Waals surface area contributed by atoms with E-state index in [9.17, 15) is 0 Å². The van der Waals surface area contributed by atoms with Crippen molar-refractivity contribution < 1.29 is 0 Å². The fourth-order valence-electron chi connectivity index (χ4n) is 4.97. The minimum Gasteiger partial charge on any atom is -0.277 e. The van der Waals surface area contributed by atoms with Crippen LogP contribution in [0.25, 0.3) is 61.7 Å². The predicted molar refractivity (Wildman–Crippen MR) is 150 cm³/mol. The highest BCUT2D eigenvalue weighted by Crippen LogP contribution is 2.37. The molecule has 4 heteroatoms. The largest absolute Gasteiger partial charge is 0.277 e. The zero-order chi connectivity index (χ0) is 24.6. The van der Waals surface area contributed by atoms with Gasteiger partial charge in [-0.3, -0.25) is 4.57 Å². The molecule has 0 fully saturated rings. The van der Waals surface area contributed by atoms with E-state index in [0.29, 0.717) is 17.6 Å². The Kier molecular flexibility index (Phi) is 5.07. The second-order valence-electron chi connectivity index (χ2n) is 8.93. The fourth-order valence-corrected chi connectivity index (χ4v) is 4.97. The summed E-state index contributed by atoms with van der Waals surface area (Å²) >= 11 is 0. The molecule has 0 aliphatic rings. The molecule has 37 heavy (non-hydrogen) atoms. The van der Waals surface area contributed by atoms with Crippen molar-refractivity contribution in [3.05, 3.63) is 133 Å². The molecule has 0 N–H and O–H groups in total. The molecule has 0 atom stereocenters. The first-order chi connectivity index (χ1) is 18.4. The maximum absolute atomic E-state index is 5.05. The molecule has 0 unspecified atom stereocenters. The third-order valence-electron chi connectivity index (χ3n) is 6.67. The van der Waals surface area contributed by atoms with Crippen LogP contribution in [0.1, 0.15) is 0 Å². The summed E-state index contributed by atoms with van der Waals surface area (Å²) < 4.78 is 2.19. The number of aromatic nitrogens is 4. The van der Waals surface area contributed by atoms with Gasteiger partial charge in [-0.05, 0) is 11.6 Å². The maximum atomic E-state index is 5.05. The average molecular weight is 475 g/mol. The molecule has 0 aliphatic carbocycles. The van der Waals surface area contributed by atoms with Gasteiger partial charge in [-0.2, -0.15) is 9.97 Å². The lowest BCUT2D eigenvalue weighted by Crippen LogP contribution is -2.06. The molecule has 0 saturated heterocycles. The number of nitrogens with zero attached hydrogens (tertiary/aromatic N) is 4. The van der Waals surface area contributed by atoms with E-state index in [1.165, 1.54) is 10.8 Å². The number of hydrogen-bond donors (Lipinski definition) is 0. The van der Waals surface area contributed by atoms with Crippen LogP contribution in [-0.2, 0) is 0 Å². The van der Waals surface area contributed by atoms with E-state index in [-0.39, 0.29) is 0 Å². The van der Waals surface area contributed by atoms with Gasteiger partial charge in [-0.1, -0.05) is 127 Å². The minimum atomic E-state index is 0.599. The Morgan fingerprint density at radius 3 is 1.54 bits per heavy atom. The van der Waals surface area contributed by atoms with Crippen molar-refractivity contribution in [2.45, 2.75) is 0 Å². The van der Waals surface area contributed by atoms with Gasteiger partial charge in [-0.25, -0.2) is 4.98 Å². The van der Waals surface area contributed by atoms with Crippen LogP contribution in [-0.4, -0.2) is 19.5 Å². The standard InChI is InChI=1S/C33H22N4/c1-4-13-23(14-5-1)26-20-12-21-28-27-19-10-11-22-29(27)37(30(26)28)33-35-31(24-15-6-2-7-16-24)34-32(36-33)25-17-8-3-9-18-25/h1-22H. The minimum absolute atomic E-state index is 0.599. The van der Waals surface area contributed by atoms with E-state index >= 15 is 0 Å². The van der Waals surface area contributed by atoms with E-state index < -0.39 is 0 Å². The van der Waals surface area contributed by atoms with Crippen molar-refractivity contribution in [2.75, 3.05) is 0 Å². The number of benzene rings is 5. The summed E-state index contributed by atoms with van der Waals surface area (Å²) in [6.45, 7) is 0. The van der Waals surface area contributed by atoms with Crippen molar-refractivity contribution in [3.63, 3.8) is 0 Å². The van der Waals surface area contributed by atoms with Gasteiger partial charge in [-0.15, -0.1) is 0 Å². The van der Waals surface area contributed by atoms with Crippen molar-refractivity contribution in [2.24, 2.45) is 0 Å². The van der Waals surface area contributed by atoms with E-state index in [0.717, 1.165) is 33.3 Å². The van der Waals surface area contributed by atoms with Gasteiger partial charge < -0.3 is 0 Å². The first kappa shape index (κ1) is 21.2. The molecule has 0 bridgehead atoms. The highest BCUT2D eigenvalue weighted by Gasteiger charge is 2.20. The normalized spacial score (nSPS) is 11.2. The quantitative estimate of drug-likeness (QED) is 0.260. The van der Waals surface area contributed by atoms with Gasteiger partial charge in [0.25, 0.3) is 0 Å². The Morgan fingerprint density at radius 1 is 0.405 bits per heavy atom. The number of para-hydroxylation sites is 2. The molecule has 0 aliphatic heterocycles. The molecule has 0 radical (unpaired) electrons. The summed E-state index contributed by atoms with van der Waals surface area (Å²) in [7, 11) is 0. The summed E-state index contributed by atoms with van der Waals surface area (Å²) in [6, 6.07) is 45.6. The molecular formula is C33H22N4. The molecule has 2 heterocycles. The van der Waals surface area contributed by atoms with Crippen molar-refractivity contribution in [1.29, 1.82) is 0 Å². The van der Waals surface area contributed by atoms with Gasteiger partial charge in [0.2, 0.25) is 5.95 Å². The van der Waals surface area contributed by atoms with Crippen LogP contribution in [0.4, 0.5) is 0 Å². The van der Waals surface area contributed by atoms with Gasteiger partial charge in [0.1, 0.15) is 0 Å². The molecule has 0 saturated carbocycles. The first-order valence-electron chi connectivity index (χ1n) is 12.3. The smallest absolute Gasteiger partial charge is 0.238 e. The summed E-state index contributed by atoms with van der Waals surface area (Å²) in [4.78, 5) is 15.0. The van der Waals surface area contributed by atoms with Crippen LogP contribution in [0.3, 0.4) is 0 Å². The molecule has 7 rings (SSSR count). The summed E-state index contributed by atoms with van der Waals surface area (Å²) in [5.41, 5.74) is 6.33. The molecule has 4 nitrogen and oxygen atoms in total. The second kappa shape index (κ2) is 8.85. The molecular weight excluding hydrogens is 452 g/mol. The lowest BCUT2D eigenvalue weighted by atomic mass is 10.0. The van der Waals surface area contributed by atoms with Gasteiger partial charge >= 0.3 is 0 Å². The van der Waals surface area contributed by atoms with E-state index in [2.05, 4.69) is 71.3 Å². The third-order valence-corrected chi connectivity index (χ3v) is 6.67. The van der Waals surface area contributed by atoms with Gasteiger partial charge in [0.15, 0.2) is 11.6 Å². The Bertz CT molecular complexity index is 1800. The van der Waals surface area contributed by atoms with Crippen LogP contribution in [0.15, 0.2) is 133 Å². The van der Waals surface area contributed by atoms with E-state index in [1.54, 1.807) is 0 Å². The Labute approximate surface area is 214 Å². The molecule has 2 aromatic heterocycles. The lowest BCUT2D eigenvalue weighted by Gasteiger charge is -2.13. The zero-order valence-corrected chi connectivity index (χ0v) is 20.0. The molecule has 174 valence electrons.